The number of likely N-dealkylation sites (tertiary alicyclic amines) is 1. The molecule has 1 aromatic carbocycles. The van der Waals surface area contributed by atoms with Gasteiger partial charge in [0, 0.05) is 31.5 Å². The molecule has 0 saturated carbocycles. The summed E-state index contributed by atoms with van der Waals surface area (Å²) in [6.45, 7) is 4.36. The quantitative estimate of drug-likeness (QED) is 0.882. The van der Waals surface area contributed by atoms with Gasteiger partial charge in [-0.15, -0.1) is 0 Å². The smallest absolute Gasteiger partial charge is 0.259 e. The van der Waals surface area contributed by atoms with E-state index in [2.05, 4.69) is 6.92 Å². The normalized spacial score (nSPS) is 14.6. The first-order valence-corrected chi connectivity index (χ1v) is 8.34. The van der Waals surface area contributed by atoms with E-state index in [-0.39, 0.29) is 16.9 Å². The van der Waals surface area contributed by atoms with Crippen molar-refractivity contribution in [3.63, 3.8) is 0 Å². The average molecular weight is 313 g/mol. The van der Waals surface area contributed by atoms with Crippen LogP contribution in [0.25, 0.3) is 10.9 Å². The summed E-state index contributed by atoms with van der Waals surface area (Å²) in [5, 5.41) is 0.466. The van der Waals surface area contributed by atoms with E-state index in [0.717, 1.165) is 50.8 Å². The minimum absolute atomic E-state index is 0.164. The van der Waals surface area contributed by atoms with Gasteiger partial charge in [0.2, 0.25) is 5.43 Å². The number of carbonyl (C=O) groups is 1. The number of carbonyl (C=O) groups excluding carboxylic acids is 1. The predicted octanol–water partition coefficient (Wildman–Crippen LogP) is 2.62. The molecular weight excluding hydrogens is 290 g/mol. The summed E-state index contributed by atoms with van der Waals surface area (Å²) in [6, 6.07) is 5.46. The Morgan fingerprint density at radius 2 is 2.00 bits per heavy atom. The number of nitrogens with zero attached hydrogens (tertiary/aromatic N) is 2. The summed E-state index contributed by atoms with van der Waals surface area (Å²) in [5.74, 6) is -0.164. The third-order valence-electron chi connectivity index (χ3n) is 4.52. The molecular formula is C18H23N3O2. The maximum Gasteiger partial charge on any atom is 0.259 e. The Morgan fingerprint density at radius 3 is 2.70 bits per heavy atom. The van der Waals surface area contributed by atoms with Crippen LogP contribution in [0.4, 0.5) is 5.69 Å². The highest BCUT2D eigenvalue weighted by molar-refractivity contribution is 6.00. The molecule has 0 atom stereocenters. The van der Waals surface area contributed by atoms with Gasteiger partial charge in [-0.1, -0.05) is 19.4 Å². The van der Waals surface area contributed by atoms with Crippen molar-refractivity contribution in [3.05, 3.63) is 40.2 Å². The fourth-order valence-corrected chi connectivity index (χ4v) is 3.22. The van der Waals surface area contributed by atoms with Crippen LogP contribution in [0, 0.1) is 0 Å². The second kappa shape index (κ2) is 6.44. The first-order valence-electron chi connectivity index (χ1n) is 8.34. The molecule has 1 aliphatic rings. The molecule has 1 fully saturated rings. The van der Waals surface area contributed by atoms with Gasteiger partial charge in [0.15, 0.2) is 0 Å². The minimum atomic E-state index is -0.247. The number of aryl methyl sites for hydroxylation is 1. The monoisotopic (exact) mass is 313 g/mol. The highest BCUT2D eigenvalue weighted by Crippen LogP contribution is 2.20. The molecule has 1 aliphatic heterocycles. The third-order valence-corrected chi connectivity index (χ3v) is 4.52. The number of aromatic nitrogens is 1. The number of anilines is 1. The van der Waals surface area contributed by atoms with Crippen molar-refractivity contribution in [2.45, 2.75) is 39.2 Å². The maximum absolute atomic E-state index is 12.8. The topological polar surface area (TPSA) is 68.3 Å². The molecule has 3 rings (SSSR count). The Bertz CT molecular complexity index is 789. The van der Waals surface area contributed by atoms with Gasteiger partial charge >= 0.3 is 0 Å². The molecule has 5 nitrogen and oxygen atoms in total. The third kappa shape index (κ3) is 2.83. The fraction of sp³-hybridized carbons (Fsp3) is 0.444. The second-order valence-corrected chi connectivity index (χ2v) is 6.16. The Hall–Kier alpha value is -2.30. The van der Waals surface area contributed by atoms with Crippen LogP contribution < -0.4 is 11.2 Å². The fourth-order valence-electron chi connectivity index (χ4n) is 3.22. The molecule has 5 heteroatoms. The van der Waals surface area contributed by atoms with Gasteiger partial charge < -0.3 is 15.2 Å². The Kier molecular flexibility index (Phi) is 4.37. The number of rotatable bonds is 4. The van der Waals surface area contributed by atoms with E-state index in [1.54, 1.807) is 17.2 Å². The SMILES string of the molecule is CCCCn1cc(C(=O)N2CCCC2)c(=O)c2c(N)cccc21. The molecule has 0 radical (unpaired) electrons. The molecule has 1 amide bonds. The van der Waals surface area contributed by atoms with Crippen LogP contribution >= 0.6 is 0 Å². The van der Waals surface area contributed by atoms with E-state index < -0.39 is 0 Å². The largest absolute Gasteiger partial charge is 0.398 e. The molecule has 0 spiro atoms. The van der Waals surface area contributed by atoms with Crippen LogP contribution in [0.2, 0.25) is 0 Å². The van der Waals surface area contributed by atoms with Crippen LogP contribution in [0.15, 0.2) is 29.2 Å². The highest BCUT2D eigenvalue weighted by Gasteiger charge is 2.24. The van der Waals surface area contributed by atoms with Gasteiger partial charge in [-0.2, -0.15) is 0 Å². The molecule has 122 valence electrons. The number of amides is 1. The Labute approximate surface area is 135 Å². The Balaban J connectivity index is 2.17. The highest BCUT2D eigenvalue weighted by atomic mass is 16.2. The standard InChI is InChI=1S/C18H23N3O2/c1-2-3-9-21-12-13(18(23)20-10-4-5-11-20)17(22)16-14(19)7-6-8-15(16)21/h6-8,12H,2-5,9-11,19H2,1H3. The average Bonchev–Trinajstić information content (AvgIpc) is 3.08. The van der Waals surface area contributed by atoms with Crippen LogP contribution in [-0.4, -0.2) is 28.5 Å². The van der Waals surface area contributed by atoms with Gasteiger partial charge in [-0.25, -0.2) is 0 Å². The molecule has 0 unspecified atom stereocenters. The van der Waals surface area contributed by atoms with Crippen LogP contribution in [-0.2, 0) is 6.54 Å². The zero-order chi connectivity index (χ0) is 16.4. The van der Waals surface area contributed by atoms with Crippen molar-refractivity contribution in [1.29, 1.82) is 0 Å². The number of benzene rings is 1. The van der Waals surface area contributed by atoms with E-state index in [1.165, 1.54) is 0 Å². The van der Waals surface area contributed by atoms with Crippen molar-refractivity contribution >= 4 is 22.5 Å². The van der Waals surface area contributed by atoms with Crippen LogP contribution in [0.3, 0.4) is 0 Å². The lowest BCUT2D eigenvalue weighted by molar-refractivity contribution is 0.0791. The molecule has 23 heavy (non-hydrogen) atoms. The molecule has 0 aliphatic carbocycles. The Morgan fingerprint density at radius 1 is 1.26 bits per heavy atom. The van der Waals surface area contributed by atoms with Gasteiger partial charge in [0.25, 0.3) is 5.91 Å². The second-order valence-electron chi connectivity index (χ2n) is 6.16. The lowest BCUT2D eigenvalue weighted by atomic mass is 10.1. The number of nitrogens with two attached hydrogens (primary N) is 1. The molecule has 0 bridgehead atoms. The van der Waals surface area contributed by atoms with Gasteiger partial charge in [0.1, 0.15) is 5.56 Å². The van der Waals surface area contributed by atoms with Crippen molar-refractivity contribution in [3.8, 4) is 0 Å². The summed E-state index contributed by atoms with van der Waals surface area (Å²) >= 11 is 0. The molecule has 1 aromatic heterocycles. The van der Waals surface area contributed by atoms with E-state index in [0.29, 0.717) is 11.1 Å². The maximum atomic E-state index is 12.8. The van der Waals surface area contributed by atoms with Gasteiger partial charge in [-0.3, -0.25) is 9.59 Å². The summed E-state index contributed by atoms with van der Waals surface area (Å²) in [4.78, 5) is 27.3. The van der Waals surface area contributed by atoms with E-state index in [9.17, 15) is 9.59 Å². The van der Waals surface area contributed by atoms with Crippen molar-refractivity contribution in [1.82, 2.24) is 9.47 Å². The number of unbranched alkanes of at least 4 members (excludes halogenated alkanes) is 1. The molecule has 2 aromatic rings. The predicted molar refractivity (Wildman–Crippen MR) is 92.7 cm³/mol. The molecule has 2 N–H and O–H groups in total. The molecule has 1 saturated heterocycles. The number of nitrogen functional groups attached to an aromatic ring is 1. The van der Waals surface area contributed by atoms with Crippen LogP contribution in [0.1, 0.15) is 43.0 Å². The van der Waals surface area contributed by atoms with E-state index in [1.807, 2.05) is 16.7 Å². The minimum Gasteiger partial charge on any atom is -0.398 e. The van der Waals surface area contributed by atoms with Gasteiger partial charge in [0.05, 0.1) is 10.9 Å². The van der Waals surface area contributed by atoms with Crippen LogP contribution in [0.5, 0.6) is 0 Å². The summed E-state index contributed by atoms with van der Waals surface area (Å²) < 4.78 is 2.00. The number of hydrogen-bond acceptors (Lipinski definition) is 3. The lowest BCUT2D eigenvalue weighted by Crippen LogP contribution is -2.32. The van der Waals surface area contributed by atoms with Gasteiger partial charge in [-0.05, 0) is 31.4 Å². The number of fused-ring (bicyclic) bond motifs is 1. The zero-order valence-electron chi connectivity index (χ0n) is 13.5. The number of hydrogen-bond donors (Lipinski definition) is 1. The summed E-state index contributed by atoms with van der Waals surface area (Å²) in [5.41, 5.74) is 7.28. The first kappa shape index (κ1) is 15.6. The zero-order valence-corrected chi connectivity index (χ0v) is 13.5. The van der Waals surface area contributed by atoms with Crippen molar-refractivity contribution < 1.29 is 4.79 Å². The summed E-state index contributed by atoms with van der Waals surface area (Å²) in [6.07, 6.45) is 5.77. The first-order chi connectivity index (χ1) is 11.1. The van der Waals surface area contributed by atoms with Crippen molar-refractivity contribution in [2.24, 2.45) is 0 Å². The number of pyridine rings is 1. The molecule has 2 heterocycles. The summed E-state index contributed by atoms with van der Waals surface area (Å²) in [7, 11) is 0. The lowest BCUT2D eigenvalue weighted by Gasteiger charge is -2.18. The van der Waals surface area contributed by atoms with E-state index >= 15 is 0 Å². The van der Waals surface area contributed by atoms with E-state index in [4.69, 9.17) is 5.73 Å². The van der Waals surface area contributed by atoms with Crippen molar-refractivity contribution in [2.75, 3.05) is 18.8 Å².